The van der Waals surface area contributed by atoms with Gasteiger partial charge in [0, 0.05) is 11.4 Å². The highest BCUT2D eigenvalue weighted by Crippen LogP contribution is 2.23. The van der Waals surface area contributed by atoms with Crippen LogP contribution < -0.4 is 5.32 Å². The molecule has 2 nitrogen and oxygen atoms in total. The predicted molar refractivity (Wildman–Crippen MR) is 62.9 cm³/mol. The Morgan fingerprint density at radius 2 is 2.14 bits per heavy atom. The first-order valence-corrected chi connectivity index (χ1v) is 6.13. The Hall–Kier alpha value is -0.410. The number of hydrogen-bond donors (Lipinski definition) is 1. The third-order valence-corrected chi connectivity index (χ3v) is 3.11. The van der Waals surface area contributed by atoms with Gasteiger partial charge in [0.2, 0.25) is 0 Å². The maximum atomic E-state index is 4.64. The summed E-state index contributed by atoms with van der Waals surface area (Å²) in [5.41, 5.74) is 1.27. The van der Waals surface area contributed by atoms with Gasteiger partial charge in [-0.2, -0.15) is 0 Å². The van der Waals surface area contributed by atoms with E-state index >= 15 is 0 Å². The maximum absolute atomic E-state index is 4.64. The highest BCUT2D eigenvalue weighted by atomic mass is 32.1. The number of aromatic nitrogens is 1. The van der Waals surface area contributed by atoms with Crippen LogP contribution in [0, 0.1) is 6.92 Å². The van der Waals surface area contributed by atoms with Crippen LogP contribution in [-0.2, 0) is 6.54 Å². The van der Waals surface area contributed by atoms with Gasteiger partial charge < -0.3 is 5.32 Å². The highest BCUT2D eigenvalue weighted by molar-refractivity contribution is 7.11. The molecule has 1 N–H and O–H groups in total. The summed E-state index contributed by atoms with van der Waals surface area (Å²) in [5, 5.41) is 4.60. The van der Waals surface area contributed by atoms with Crippen LogP contribution in [0.25, 0.3) is 0 Å². The molecule has 80 valence electrons. The third kappa shape index (κ3) is 3.07. The Labute approximate surface area is 90.8 Å². The lowest BCUT2D eigenvalue weighted by atomic mass is 10.1. The normalized spacial score (nSPS) is 11.2. The van der Waals surface area contributed by atoms with Crippen LogP contribution in [0.2, 0.25) is 0 Å². The monoisotopic (exact) mass is 212 g/mol. The van der Waals surface area contributed by atoms with Gasteiger partial charge in [0.25, 0.3) is 0 Å². The number of nitrogens with zero attached hydrogens (tertiary/aromatic N) is 1. The highest BCUT2D eigenvalue weighted by Gasteiger charge is 2.09. The smallest absolute Gasteiger partial charge is 0.107 e. The third-order valence-electron chi connectivity index (χ3n) is 2.13. The molecule has 0 bridgehead atoms. The fourth-order valence-electron chi connectivity index (χ4n) is 1.45. The molecule has 0 aliphatic rings. The second-order valence-corrected chi connectivity index (χ2v) is 5.17. The molecule has 0 saturated heterocycles. The van der Waals surface area contributed by atoms with E-state index in [1.54, 1.807) is 0 Å². The predicted octanol–water partition coefficient (Wildman–Crippen LogP) is 3.07. The van der Waals surface area contributed by atoms with E-state index in [0.717, 1.165) is 13.1 Å². The molecule has 0 radical (unpaired) electrons. The summed E-state index contributed by atoms with van der Waals surface area (Å²) in [5.74, 6) is 0.547. The van der Waals surface area contributed by atoms with Gasteiger partial charge in [-0.3, -0.25) is 0 Å². The van der Waals surface area contributed by atoms with Crippen molar-refractivity contribution in [3.63, 3.8) is 0 Å². The number of rotatable bonds is 5. The van der Waals surface area contributed by atoms with Crippen molar-refractivity contribution in [2.24, 2.45) is 0 Å². The molecule has 0 atom stereocenters. The quantitative estimate of drug-likeness (QED) is 0.759. The van der Waals surface area contributed by atoms with Gasteiger partial charge in [0.15, 0.2) is 0 Å². The fraction of sp³-hybridized carbons (Fsp3) is 0.727. The zero-order valence-electron chi connectivity index (χ0n) is 9.55. The molecule has 0 aliphatic carbocycles. The average Bonchev–Trinajstić information content (AvgIpc) is 2.47. The van der Waals surface area contributed by atoms with E-state index in [4.69, 9.17) is 0 Å². The van der Waals surface area contributed by atoms with Gasteiger partial charge in [-0.15, -0.1) is 11.3 Å². The first-order chi connectivity index (χ1) is 6.65. The van der Waals surface area contributed by atoms with Gasteiger partial charge >= 0.3 is 0 Å². The molecule has 1 aromatic heterocycles. The Morgan fingerprint density at radius 1 is 1.43 bits per heavy atom. The topological polar surface area (TPSA) is 24.9 Å². The SMILES string of the molecule is CCCNCc1nc(C(C)C)c(C)s1. The summed E-state index contributed by atoms with van der Waals surface area (Å²) in [4.78, 5) is 6.01. The van der Waals surface area contributed by atoms with Crippen LogP contribution in [0.5, 0.6) is 0 Å². The second kappa shape index (κ2) is 5.47. The van der Waals surface area contributed by atoms with Crippen molar-refractivity contribution in [3.05, 3.63) is 15.6 Å². The van der Waals surface area contributed by atoms with Gasteiger partial charge in [0.05, 0.1) is 5.69 Å². The van der Waals surface area contributed by atoms with Crippen molar-refractivity contribution >= 4 is 11.3 Å². The number of hydrogen-bond acceptors (Lipinski definition) is 3. The maximum Gasteiger partial charge on any atom is 0.107 e. The molecule has 1 aromatic rings. The molecule has 0 aromatic carbocycles. The standard InChI is InChI=1S/C11H20N2S/c1-5-6-12-7-10-13-11(8(2)3)9(4)14-10/h8,12H,5-7H2,1-4H3. The largest absolute Gasteiger partial charge is 0.310 e. The molecule has 0 saturated carbocycles. The number of aryl methyl sites for hydroxylation is 1. The Bertz CT molecular complexity index is 279. The van der Waals surface area contributed by atoms with E-state index in [1.807, 2.05) is 11.3 Å². The fourth-order valence-corrected chi connectivity index (χ4v) is 2.51. The van der Waals surface area contributed by atoms with E-state index < -0.39 is 0 Å². The molecule has 3 heteroatoms. The van der Waals surface area contributed by atoms with Crippen molar-refractivity contribution in [1.29, 1.82) is 0 Å². The molecular weight excluding hydrogens is 192 g/mol. The van der Waals surface area contributed by atoms with E-state index in [2.05, 4.69) is 38.0 Å². The Balaban J connectivity index is 2.57. The van der Waals surface area contributed by atoms with Crippen LogP contribution >= 0.6 is 11.3 Å². The van der Waals surface area contributed by atoms with Crippen LogP contribution in [0.15, 0.2) is 0 Å². The summed E-state index contributed by atoms with van der Waals surface area (Å²) >= 11 is 1.82. The van der Waals surface area contributed by atoms with Gasteiger partial charge in [0.1, 0.15) is 5.01 Å². The van der Waals surface area contributed by atoms with Gasteiger partial charge in [-0.25, -0.2) is 4.98 Å². The van der Waals surface area contributed by atoms with E-state index in [9.17, 15) is 0 Å². The van der Waals surface area contributed by atoms with Crippen molar-refractivity contribution in [3.8, 4) is 0 Å². The van der Waals surface area contributed by atoms with E-state index in [0.29, 0.717) is 5.92 Å². The lowest BCUT2D eigenvalue weighted by Gasteiger charge is -2.00. The molecule has 1 rings (SSSR count). The van der Waals surface area contributed by atoms with Crippen LogP contribution in [0.4, 0.5) is 0 Å². The summed E-state index contributed by atoms with van der Waals surface area (Å²) in [7, 11) is 0. The van der Waals surface area contributed by atoms with Crippen LogP contribution in [0.3, 0.4) is 0 Å². The average molecular weight is 212 g/mol. The Morgan fingerprint density at radius 3 is 2.64 bits per heavy atom. The van der Waals surface area contributed by atoms with Crippen molar-refractivity contribution < 1.29 is 0 Å². The molecule has 0 amide bonds. The molecule has 0 aliphatic heterocycles. The first kappa shape index (κ1) is 11.7. The minimum atomic E-state index is 0.547. The molecule has 0 spiro atoms. The number of thiazole rings is 1. The van der Waals surface area contributed by atoms with Crippen LogP contribution in [0.1, 0.15) is 48.7 Å². The van der Waals surface area contributed by atoms with Crippen molar-refractivity contribution in [2.45, 2.75) is 46.6 Å². The lowest BCUT2D eigenvalue weighted by molar-refractivity contribution is 0.669. The van der Waals surface area contributed by atoms with Crippen LogP contribution in [-0.4, -0.2) is 11.5 Å². The lowest BCUT2D eigenvalue weighted by Crippen LogP contribution is -2.13. The molecule has 1 heterocycles. The van der Waals surface area contributed by atoms with Crippen molar-refractivity contribution in [2.75, 3.05) is 6.54 Å². The summed E-state index contributed by atoms with van der Waals surface area (Å²) in [6, 6.07) is 0. The zero-order valence-corrected chi connectivity index (χ0v) is 10.4. The van der Waals surface area contributed by atoms with Gasteiger partial charge in [-0.05, 0) is 25.8 Å². The molecule has 14 heavy (non-hydrogen) atoms. The second-order valence-electron chi connectivity index (χ2n) is 3.88. The van der Waals surface area contributed by atoms with E-state index in [-0.39, 0.29) is 0 Å². The summed E-state index contributed by atoms with van der Waals surface area (Å²) in [6.45, 7) is 10.7. The minimum absolute atomic E-state index is 0.547. The zero-order chi connectivity index (χ0) is 10.6. The van der Waals surface area contributed by atoms with E-state index in [1.165, 1.54) is 22.0 Å². The first-order valence-electron chi connectivity index (χ1n) is 5.32. The summed E-state index contributed by atoms with van der Waals surface area (Å²) < 4.78 is 0. The minimum Gasteiger partial charge on any atom is -0.310 e. The number of nitrogens with one attached hydrogen (secondary N) is 1. The Kier molecular flexibility index (Phi) is 4.55. The molecular formula is C11H20N2S. The molecule has 0 fully saturated rings. The van der Waals surface area contributed by atoms with Gasteiger partial charge in [-0.1, -0.05) is 20.8 Å². The molecule has 0 unspecified atom stereocenters. The van der Waals surface area contributed by atoms with Crippen molar-refractivity contribution in [1.82, 2.24) is 10.3 Å². The summed E-state index contributed by atoms with van der Waals surface area (Å²) in [6.07, 6.45) is 1.18.